The minimum Gasteiger partial charge on any atom is -0.371 e. The summed E-state index contributed by atoms with van der Waals surface area (Å²) in [5.41, 5.74) is 3.79. The van der Waals surface area contributed by atoms with Crippen molar-refractivity contribution in [1.82, 2.24) is 4.90 Å². The first-order chi connectivity index (χ1) is 18.3. The van der Waals surface area contributed by atoms with Crippen LogP contribution in [0.25, 0.3) is 0 Å². The molecule has 2 heteroatoms. The molecule has 0 N–H and O–H groups in total. The molecule has 0 aromatic rings. The molecule has 212 valence electrons. The van der Waals surface area contributed by atoms with E-state index in [1.807, 2.05) is 0 Å². The molecular formula is C36H59N2+. The molecule has 2 aliphatic heterocycles. The molecule has 0 aromatic heterocycles. The summed E-state index contributed by atoms with van der Waals surface area (Å²) >= 11 is 0. The van der Waals surface area contributed by atoms with Gasteiger partial charge in [-0.25, -0.2) is 4.58 Å². The van der Waals surface area contributed by atoms with Gasteiger partial charge in [0.1, 0.15) is 6.54 Å². The monoisotopic (exact) mass is 519 g/mol. The quantitative estimate of drug-likeness (QED) is 0.229. The molecule has 38 heavy (non-hydrogen) atoms. The summed E-state index contributed by atoms with van der Waals surface area (Å²) in [7, 11) is 0. The Morgan fingerprint density at radius 1 is 0.816 bits per heavy atom. The number of fused-ring (bicyclic) bond motifs is 4. The molecule has 3 saturated carbocycles. The van der Waals surface area contributed by atoms with Crippen LogP contribution < -0.4 is 0 Å². The van der Waals surface area contributed by atoms with Gasteiger partial charge in [0, 0.05) is 48.5 Å². The predicted octanol–water partition coefficient (Wildman–Crippen LogP) is 9.17. The maximum absolute atomic E-state index is 2.88. The average Bonchev–Trinajstić information content (AvgIpc) is 3.26. The second kappa shape index (κ2) is 11.7. The molecule has 6 atom stereocenters. The molecule has 5 rings (SSSR count). The number of allylic oxidation sites excluding steroid dienone is 6. The number of likely N-dealkylation sites (tertiary alicyclic amines) is 1. The SMILES string of the molecule is CCCC[N+]1=C(/C=C/C=C/C=C2\N(CCC)C3CCCCC3C2(C)C)C(C)(C)C2C3CCCCC3CCC21. The van der Waals surface area contributed by atoms with Gasteiger partial charge < -0.3 is 4.90 Å². The Hall–Kier alpha value is -1.31. The van der Waals surface area contributed by atoms with Gasteiger partial charge in [0.25, 0.3) is 0 Å². The Morgan fingerprint density at radius 3 is 2.37 bits per heavy atom. The van der Waals surface area contributed by atoms with Crippen molar-refractivity contribution >= 4 is 5.71 Å². The number of hydrogen-bond donors (Lipinski definition) is 0. The van der Waals surface area contributed by atoms with Crippen LogP contribution in [0, 0.1) is 34.5 Å². The van der Waals surface area contributed by atoms with Gasteiger partial charge in [-0.2, -0.15) is 0 Å². The molecule has 0 amide bonds. The van der Waals surface area contributed by atoms with Crippen molar-refractivity contribution in [3.8, 4) is 0 Å². The van der Waals surface area contributed by atoms with Crippen LogP contribution in [0.2, 0.25) is 0 Å². The summed E-state index contributed by atoms with van der Waals surface area (Å²) in [4.78, 5) is 2.80. The van der Waals surface area contributed by atoms with E-state index in [4.69, 9.17) is 0 Å². The van der Waals surface area contributed by atoms with Crippen molar-refractivity contribution in [2.45, 2.75) is 137 Å². The standard InChI is InChI=1S/C36H59N2/c1-7-9-26-38-31-24-23-27-17-13-14-18-28(27)34(31)36(5,6)33(38)22-12-10-11-21-32-35(3,4)29-19-15-16-20-30(29)37(32)25-8-2/h10-12,21-22,27-31,34H,7-9,13-20,23-26H2,1-6H3/q+1. The molecule has 0 spiro atoms. The van der Waals surface area contributed by atoms with Crippen LogP contribution in [0.1, 0.15) is 125 Å². The number of rotatable bonds is 8. The zero-order chi connectivity index (χ0) is 26.9. The van der Waals surface area contributed by atoms with Gasteiger partial charge in [-0.15, -0.1) is 0 Å². The molecule has 1 saturated heterocycles. The van der Waals surface area contributed by atoms with E-state index in [0.29, 0.717) is 5.41 Å². The van der Waals surface area contributed by atoms with Crippen LogP contribution in [-0.2, 0) is 0 Å². The summed E-state index contributed by atoms with van der Waals surface area (Å²) in [5.74, 6) is 3.61. The first kappa shape index (κ1) is 28.2. The van der Waals surface area contributed by atoms with Crippen molar-refractivity contribution in [2.24, 2.45) is 34.5 Å². The summed E-state index contributed by atoms with van der Waals surface area (Å²) in [5, 5.41) is 0. The number of nitrogens with zero attached hydrogens (tertiary/aromatic N) is 2. The highest BCUT2D eigenvalue weighted by Crippen LogP contribution is 2.55. The summed E-state index contributed by atoms with van der Waals surface area (Å²) in [6.45, 7) is 17.4. The highest BCUT2D eigenvalue weighted by Gasteiger charge is 2.59. The molecule has 2 nitrogen and oxygen atoms in total. The van der Waals surface area contributed by atoms with Gasteiger partial charge in [-0.1, -0.05) is 84.4 Å². The fraction of sp³-hybridized carbons (Fsp3) is 0.806. The lowest BCUT2D eigenvalue weighted by Crippen LogP contribution is -2.46. The van der Waals surface area contributed by atoms with E-state index in [-0.39, 0.29) is 5.41 Å². The van der Waals surface area contributed by atoms with Gasteiger partial charge in [0.05, 0.1) is 5.41 Å². The van der Waals surface area contributed by atoms with Crippen LogP contribution in [-0.4, -0.2) is 40.4 Å². The highest BCUT2D eigenvalue weighted by atomic mass is 15.2. The van der Waals surface area contributed by atoms with Crippen LogP contribution in [0.4, 0.5) is 0 Å². The van der Waals surface area contributed by atoms with E-state index in [1.165, 1.54) is 96.6 Å². The van der Waals surface area contributed by atoms with Gasteiger partial charge in [-0.05, 0) is 69.8 Å². The van der Waals surface area contributed by atoms with Crippen LogP contribution in [0.5, 0.6) is 0 Å². The first-order valence-corrected chi connectivity index (χ1v) is 16.8. The smallest absolute Gasteiger partial charge is 0.182 e. The van der Waals surface area contributed by atoms with Crippen LogP contribution in [0.15, 0.2) is 36.1 Å². The molecule has 2 heterocycles. The van der Waals surface area contributed by atoms with E-state index in [9.17, 15) is 0 Å². The Morgan fingerprint density at radius 2 is 1.58 bits per heavy atom. The van der Waals surface area contributed by atoms with Crippen LogP contribution >= 0.6 is 0 Å². The summed E-state index contributed by atoms with van der Waals surface area (Å²) < 4.78 is 2.88. The van der Waals surface area contributed by atoms with E-state index in [2.05, 4.69) is 81.4 Å². The second-order valence-electron chi connectivity index (χ2n) is 14.7. The van der Waals surface area contributed by atoms with Crippen molar-refractivity contribution < 1.29 is 4.58 Å². The van der Waals surface area contributed by atoms with Gasteiger partial charge in [0.15, 0.2) is 11.8 Å². The molecular weight excluding hydrogens is 460 g/mol. The Balaban J connectivity index is 1.38. The second-order valence-corrected chi connectivity index (χ2v) is 14.7. The lowest BCUT2D eigenvalue weighted by molar-refractivity contribution is -0.569. The summed E-state index contributed by atoms with van der Waals surface area (Å²) in [6, 6.07) is 1.54. The van der Waals surface area contributed by atoms with Crippen molar-refractivity contribution in [1.29, 1.82) is 0 Å². The Bertz CT molecular complexity index is 946. The maximum atomic E-state index is 2.88. The number of unbranched alkanes of at least 4 members (excludes halogenated alkanes) is 1. The normalized spacial score (nSPS) is 37.3. The van der Waals surface area contributed by atoms with E-state index in [0.717, 1.165) is 35.8 Å². The molecule has 6 unspecified atom stereocenters. The Kier molecular flexibility index (Phi) is 8.66. The average molecular weight is 520 g/mol. The van der Waals surface area contributed by atoms with Crippen LogP contribution in [0.3, 0.4) is 0 Å². The zero-order valence-corrected chi connectivity index (χ0v) is 25.9. The van der Waals surface area contributed by atoms with E-state index in [1.54, 1.807) is 11.4 Å². The minimum atomic E-state index is 0.281. The topological polar surface area (TPSA) is 6.25 Å². The molecule has 0 radical (unpaired) electrons. The van der Waals surface area contributed by atoms with Gasteiger partial charge in [-0.3, -0.25) is 0 Å². The van der Waals surface area contributed by atoms with Crippen molar-refractivity contribution in [2.75, 3.05) is 13.1 Å². The first-order valence-electron chi connectivity index (χ1n) is 16.8. The minimum absolute atomic E-state index is 0.281. The molecule has 4 fully saturated rings. The maximum Gasteiger partial charge on any atom is 0.182 e. The predicted molar refractivity (Wildman–Crippen MR) is 164 cm³/mol. The molecule has 3 aliphatic carbocycles. The number of hydrogen-bond acceptors (Lipinski definition) is 1. The van der Waals surface area contributed by atoms with Gasteiger partial charge in [0.2, 0.25) is 0 Å². The van der Waals surface area contributed by atoms with Crippen molar-refractivity contribution in [3.63, 3.8) is 0 Å². The molecule has 0 bridgehead atoms. The zero-order valence-electron chi connectivity index (χ0n) is 25.9. The van der Waals surface area contributed by atoms with E-state index < -0.39 is 0 Å². The third-order valence-electron chi connectivity index (χ3n) is 11.9. The fourth-order valence-electron chi connectivity index (χ4n) is 10.2. The summed E-state index contributed by atoms with van der Waals surface area (Å²) in [6.07, 6.45) is 30.3. The van der Waals surface area contributed by atoms with Crippen molar-refractivity contribution in [3.05, 3.63) is 36.1 Å². The molecule has 5 aliphatic rings. The van der Waals surface area contributed by atoms with Gasteiger partial charge >= 0.3 is 0 Å². The molecule has 0 aromatic carbocycles. The third-order valence-corrected chi connectivity index (χ3v) is 11.9. The highest BCUT2D eigenvalue weighted by molar-refractivity contribution is 5.97. The third kappa shape index (κ3) is 5.01. The Labute approximate surface area is 235 Å². The lowest BCUT2D eigenvalue weighted by Gasteiger charge is -2.45. The fourth-order valence-corrected chi connectivity index (χ4v) is 10.2. The largest absolute Gasteiger partial charge is 0.371 e. The lowest BCUT2D eigenvalue weighted by atomic mass is 9.57. The van der Waals surface area contributed by atoms with E-state index >= 15 is 0 Å².